The van der Waals surface area contributed by atoms with Crippen LogP contribution < -0.4 is 5.73 Å². The molecule has 0 radical (unpaired) electrons. The van der Waals surface area contributed by atoms with Crippen LogP contribution in [-0.4, -0.2) is 53.6 Å². The van der Waals surface area contributed by atoms with Crippen molar-refractivity contribution in [3.63, 3.8) is 0 Å². The summed E-state index contributed by atoms with van der Waals surface area (Å²) in [6, 6.07) is 0. The number of hydrogen-bond acceptors (Lipinski definition) is 3. The first kappa shape index (κ1) is 9.63. The maximum Gasteiger partial charge on any atom is 0.241 e. The zero-order chi connectivity index (χ0) is 9.84. The highest BCUT2D eigenvalue weighted by Crippen LogP contribution is 2.01. The average Bonchev–Trinajstić information content (AvgIpc) is 2.28. The fourth-order valence-corrected chi connectivity index (χ4v) is 1.25. The van der Waals surface area contributed by atoms with E-state index in [-0.39, 0.29) is 18.4 Å². The minimum Gasteiger partial charge on any atom is -0.408 e. The molecule has 1 rings (SSSR count). The lowest BCUT2D eigenvalue weighted by atomic mass is 10.4. The largest absolute Gasteiger partial charge is 0.408 e. The van der Waals surface area contributed by atoms with Gasteiger partial charge in [0.2, 0.25) is 11.9 Å². The molecule has 1 aliphatic heterocycles. The molecule has 0 unspecified atom stereocenters. The molecule has 3 N–H and O–H groups in total. The van der Waals surface area contributed by atoms with Crippen molar-refractivity contribution in [3.05, 3.63) is 0 Å². The monoisotopic (exact) mass is 186 g/mol. The standard InChI is InChI=1S/C7H14N4O2/c1-10-3-2-4-11(5-6(10)12)7(8)9-13/h13H,2-5H2,1H3,(H2,8,9). The van der Waals surface area contributed by atoms with E-state index in [1.165, 1.54) is 0 Å². The van der Waals surface area contributed by atoms with Gasteiger partial charge < -0.3 is 20.7 Å². The third-order valence-electron chi connectivity index (χ3n) is 2.10. The smallest absolute Gasteiger partial charge is 0.241 e. The molecule has 13 heavy (non-hydrogen) atoms. The highest BCUT2D eigenvalue weighted by molar-refractivity contribution is 5.85. The first-order valence-electron chi connectivity index (χ1n) is 4.11. The Bertz CT molecular complexity index is 229. The van der Waals surface area contributed by atoms with Crippen LogP contribution in [0.5, 0.6) is 0 Å². The number of hydrogen-bond donors (Lipinski definition) is 2. The maximum atomic E-state index is 11.3. The van der Waals surface area contributed by atoms with E-state index in [0.29, 0.717) is 13.1 Å². The van der Waals surface area contributed by atoms with E-state index in [9.17, 15) is 4.79 Å². The molecule has 6 heteroatoms. The minimum atomic E-state index is -0.0101. The third kappa shape index (κ3) is 2.24. The van der Waals surface area contributed by atoms with E-state index in [4.69, 9.17) is 10.9 Å². The molecular weight excluding hydrogens is 172 g/mol. The van der Waals surface area contributed by atoms with Crippen LogP contribution in [0.15, 0.2) is 5.16 Å². The number of guanidine groups is 1. The van der Waals surface area contributed by atoms with E-state index in [2.05, 4.69) is 5.16 Å². The van der Waals surface area contributed by atoms with Gasteiger partial charge in [-0.25, -0.2) is 0 Å². The van der Waals surface area contributed by atoms with Crippen molar-refractivity contribution >= 4 is 11.9 Å². The van der Waals surface area contributed by atoms with Gasteiger partial charge in [0.05, 0.1) is 6.54 Å². The molecule has 0 spiro atoms. The van der Waals surface area contributed by atoms with Gasteiger partial charge in [-0.1, -0.05) is 5.16 Å². The number of likely N-dealkylation sites (N-methyl/N-ethyl adjacent to an activating group) is 1. The van der Waals surface area contributed by atoms with Crippen LogP contribution in [-0.2, 0) is 4.79 Å². The van der Waals surface area contributed by atoms with Crippen LogP contribution in [0.3, 0.4) is 0 Å². The number of carbonyl (C=O) groups excluding carboxylic acids is 1. The molecule has 0 aromatic heterocycles. The Morgan fingerprint density at radius 2 is 2.31 bits per heavy atom. The Balaban J connectivity index is 2.64. The van der Waals surface area contributed by atoms with Gasteiger partial charge in [0.1, 0.15) is 0 Å². The van der Waals surface area contributed by atoms with Gasteiger partial charge in [0.25, 0.3) is 0 Å². The number of nitrogens with zero attached hydrogens (tertiary/aromatic N) is 3. The summed E-state index contributed by atoms with van der Waals surface area (Å²) in [6.45, 7) is 1.55. The lowest BCUT2D eigenvalue weighted by Crippen LogP contribution is -2.41. The molecule has 1 fully saturated rings. The molecule has 0 aromatic carbocycles. The Kier molecular flexibility index (Phi) is 2.94. The number of carbonyl (C=O) groups is 1. The number of amides is 1. The topological polar surface area (TPSA) is 82.2 Å². The molecule has 0 bridgehead atoms. The highest BCUT2D eigenvalue weighted by Gasteiger charge is 2.19. The number of rotatable bonds is 0. The van der Waals surface area contributed by atoms with Gasteiger partial charge in [-0.3, -0.25) is 4.79 Å². The molecule has 1 amide bonds. The van der Waals surface area contributed by atoms with Crippen molar-refractivity contribution in [2.24, 2.45) is 10.9 Å². The van der Waals surface area contributed by atoms with E-state index >= 15 is 0 Å². The Morgan fingerprint density at radius 3 is 2.92 bits per heavy atom. The molecule has 1 saturated heterocycles. The molecular formula is C7H14N4O2. The fraction of sp³-hybridized carbons (Fsp3) is 0.714. The van der Waals surface area contributed by atoms with Gasteiger partial charge >= 0.3 is 0 Å². The van der Waals surface area contributed by atoms with Crippen LogP contribution in [0, 0.1) is 0 Å². The quantitative estimate of drug-likeness (QED) is 0.217. The van der Waals surface area contributed by atoms with Crippen molar-refractivity contribution in [1.82, 2.24) is 9.80 Å². The van der Waals surface area contributed by atoms with Gasteiger partial charge in [0.15, 0.2) is 0 Å². The van der Waals surface area contributed by atoms with Gasteiger partial charge in [-0.15, -0.1) is 0 Å². The summed E-state index contributed by atoms with van der Waals surface area (Å²) >= 11 is 0. The lowest BCUT2D eigenvalue weighted by Gasteiger charge is -2.18. The summed E-state index contributed by atoms with van der Waals surface area (Å²) in [5.41, 5.74) is 5.38. The van der Waals surface area contributed by atoms with Gasteiger partial charge in [-0.2, -0.15) is 0 Å². The molecule has 1 heterocycles. The Morgan fingerprint density at radius 1 is 1.62 bits per heavy atom. The summed E-state index contributed by atoms with van der Waals surface area (Å²) in [5.74, 6) is -0.00671. The van der Waals surface area contributed by atoms with Crippen molar-refractivity contribution in [2.45, 2.75) is 6.42 Å². The van der Waals surface area contributed by atoms with Crippen LogP contribution >= 0.6 is 0 Å². The van der Waals surface area contributed by atoms with Crippen LogP contribution in [0.2, 0.25) is 0 Å². The summed E-state index contributed by atoms with van der Waals surface area (Å²) in [5, 5.41) is 11.3. The van der Waals surface area contributed by atoms with Crippen LogP contribution in [0.1, 0.15) is 6.42 Å². The highest BCUT2D eigenvalue weighted by atomic mass is 16.4. The lowest BCUT2D eigenvalue weighted by molar-refractivity contribution is -0.129. The van der Waals surface area contributed by atoms with E-state index in [1.54, 1.807) is 16.8 Å². The summed E-state index contributed by atoms with van der Waals surface area (Å²) < 4.78 is 0. The second kappa shape index (κ2) is 3.97. The van der Waals surface area contributed by atoms with Crippen molar-refractivity contribution in [2.75, 3.05) is 26.7 Å². The predicted octanol–water partition coefficient (Wildman–Crippen LogP) is -1.15. The van der Waals surface area contributed by atoms with Gasteiger partial charge in [0, 0.05) is 20.1 Å². The van der Waals surface area contributed by atoms with Crippen molar-refractivity contribution in [1.29, 1.82) is 0 Å². The normalized spacial score (nSPS) is 20.4. The third-order valence-corrected chi connectivity index (χ3v) is 2.10. The second-order valence-electron chi connectivity index (χ2n) is 3.05. The van der Waals surface area contributed by atoms with Crippen LogP contribution in [0.25, 0.3) is 0 Å². The summed E-state index contributed by atoms with van der Waals surface area (Å²) in [7, 11) is 1.75. The molecule has 1 aliphatic rings. The number of nitrogens with two attached hydrogens (primary N) is 1. The first-order chi connectivity index (χ1) is 6.15. The molecule has 74 valence electrons. The number of oxime groups is 1. The molecule has 0 saturated carbocycles. The van der Waals surface area contributed by atoms with Crippen LogP contribution in [0.4, 0.5) is 0 Å². The Hall–Kier alpha value is -1.46. The molecule has 0 aliphatic carbocycles. The molecule has 0 aromatic rings. The van der Waals surface area contributed by atoms with Crippen molar-refractivity contribution in [3.8, 4) is 0 Å². The Labute approximate surface area is 76.6 Å². The zero-order valence-corrected chi connectivity index (χ0v) is 7.60. The predicted molar refractivity (Wildman–Crippen MR) is 47.2 cm³/mol. The van der Waals surface area contributed by atoms with E-state index in [1.807, 2.05) is 0 Å². The average molecular weight is 186 g/mol. The van der Waals surface area contributed by atoms with E-state index in [0.717, 1.165) is 6.42 Å². The van der Waals surface area contributed by atoms with E-state index < -0.39 is 0 Å². The summed E-state index contributed by atoms with van der Waals surface area (Å²) in [6.07, 6.45) is 0.832. The zero-order valence-electron chi connectivity index (χ0n) is 7.60. The fourth-order valence-electron chi connectivity index (χ4n) is 1.25. The van der Waals surface area contributed by atoms with Crippen molar-refractivity contribution < 1.29 is 10.0 Å². The summed E-state index contributed by atoms with van der Waals surface area (Å²) in [4.78, 5) is 14.5. The van der Waals surface area contributed by atoms with Gasteiger partial charge in [-0.05, 0) is 6.42 Å². The SMILES string of the molecule is CN1CCCN(C(N)=NO)CC1=O. The first-order valence-corrected chi connectivity index (χ1v) is 4.11. The molecule has 0 atom stereocenters. The molecule has 6 nitrogen and oxygen atoms in total. The minimum absolute atomic E-state index is 0.00338. The second-order valence-corrected chi connectivity index (χ2v) is 3.05. The maximum absolute atomic E-state index is 11.3.